The first kappa shape index (κ1) is 29.2. The zero-order valence-corrected chi connectivity index (χ0v) is 21.4. The number of anilines is 1. The number of benzene rings is 2. The summed E-state index contributed by atoms with van der Waals surface area (Å²) in [5.41, 5.74) is 0.552. The molecule has 1 aromatic heterocycles. The number of hydrogen-bond acceptors (Lipinski definition) is 7. The highest BCUT2D eigenvalue weighted by Crippen LogP contribution is 2.23. The number of nitrogens with one attached hydrogen (secondary N) is 3. The summed E-state index contributed by atoms with van der Waals surface area (Å²) >= 11 is 12.1. The number of hydrogen-bond donors (Lipinski definition) is 5. The Morgan fingerprint density at radius 1 is 1.16 bits per heavy atom. The molecule has 2 amide bonds. The van der Waals surface area contributed by atoms with Gasteiger partial charge in [-0.1, -0.05) is 35.3 Å². The molecule has 0 saturated heterocycles. The van der Waals surface area contributed by atoms with E-state index < -0.39 is 36.8 Å². The van der Waals surface area contributed by atoms with E-state index in [0.717, 1.165) is 0 Å². The number of halogens is 5. The van der Waals surface area contributed by atoms with E-state index in [9.17, 15) is 28.2 Å². The number of aromatic nitrogens is 3. The highest BCUT2D eigenvalue weighted by Gasteiger charge is 2.41. The minimum Gasteiger partial charge on any atom is -0.392 e. The van der Waals surface area contributed by atoms with Crippen molar-refractivity contribution in [2.24, 2.45) is 0 Å². The predicted octanol–water partition coefficient (Wildman–Crippen LogP) is 3.83. The molecule has 2 aromatic carbocycles. The summed E-state index contributed by atoms with van der Waals surface area (Å²) in [4.78, 5) is 17.7. The molecule has 2 atom stereocenters. The fraction of sp³-hybridized carbons (Fsp3) is 0.304. The summed E-state index contributed by atoms with van der Waals surface area (Å²) in [6, 6.07) is 11.2. The van der Waals surface area contributed by atoms with Gasteiger partial charge in [-0.15, -0.1) is 5.10 Å². The standard InChI is InChI=1S/C23H24Cl2F3N7O3/c1-13(36)10-30-21-32-19(33-35(21)17-5-3-2-4-16(17)25)11-31-22(38)34(12-18(37)23(26,27)28)20(29)14-6-8-15(24)9-7-14/h2-9,13,18,29,36-37H,10-12H2,1H3,(H,31,38)(H,30,32,33)/t13-,18+/m1/s1. The lowest BCUT2D eigenvalue weighted by Gasteiger charge is -2.26. The first-order valence-corrected chi connectivity index (χ1v) is 11.9. The Kier molecular flexibility index (Phi) is 9.55. The number of nitrogens with zero attached hydrogens (tertiary/aromatic N) is 4. The minimum absolute atomic E-state index is 0.0562. The second-order valence-electron chi connectivity index (χ2n) is 8.13. The van der Waals surface area contributed by atoms with Crippen molar-refractivity contribution in [3.8, 4) is 5.69 Å². The zero-order valence-electron chi connectivity index (χ0n) is 19.9. The number of amidine groups is 1. The summed E-state index contributed by atoms with van der Waals surface area (Å²) in [5, 5.41) is 37.8. The molecule has 0 fully saturated rings. The van der Waals surface area contributed by atoms with Crippen LogP contribution in [0.4, 0.5) is 23.9 Å². The second-order valence-corrected chi connectivity index (χ2v) is 8.97. The van der Waals surface area contributed by atoms with Gasteiger partial charge in [0.1, 0.15) is 5.84 Å². The number of amides is 2. The van der Waals surface area contributed by atoms with Crippen molar-refractivity contribution in [2.75, 3.05) is 18.4 Å². The van der Waals surface area contributed by atoms with Crippen molar-refractivity contribution in [1.29, 1.82) is 5.41 Å². The van der Waals surface area contributed by atoms with Gasteiger partial charge in [0.2, 0.25) is 5.95 Å². The Bertz CT molecular complexity index is 1270. The van der Waals surface area contributed by atoms with Crippen LogP contribution < -0.4 is 10.6 Å². The number of rotatable bonds is 9. The molecule has 5 N–H and O–H groups in total. The number of carbonyl (C=O) groups excluding carboxylic acids is 1. The number of alkyl halides is 3. The van der Waals surface area contributed by atoms with Crippen LogP contribution in [0.25, 0.3) is 5.69 Å². The van der Waals surface area contributed by atoms with Crippen LogP contribution in [-0.2, 0) is 6.54 Å². The fourth-order valence-electron chi connectivity index (χ4n) is 3.14. The second kappa shape index (κ2) is 12.4. The summed E-state index contributed by atoms with van der Waals surface area (Å²) in [7, 11) is 0. The van der Waals surface area contributed by atoms with Gasteiger partial charge in [-0.2, -0.15) is 22.8 Å². The van der Waals surface area contributed by atoms with Gasteiger partial charge in [0.15, 0.2) is 11.9 Å². The van der Waals surface area contributed by atoms with Crippen molar-refractivity contribution in [3.63, 3.8) is 0 Å². The Morgan fingerprint density at radius 3 is 2.42 bits per heavy atom. The molecule has 204 valence electrons. The Hall–Kier alpha value is -3.39. The number of aliphatic hydroxyl groups is 2. The van der Waals surface area contributed by atoms with Crippen molar-refractivity contribution in [1.82, 2.24) is 25.0 Å². The maximum atomic E-state index is 13.1. The minimum atomic E-state index is -5.02. The van der Waals surface area contributed by atoms with E-state index >= 15 is 0 Å². The molecule has 0 aliphatic rings. The van der Waals surface area contributed by atoms with E-state index in [1.807, 2.05) is 0 Å². The molecule has 0 unspecified atom stereocenters. The van der Waals surface area contributed by atoms with Crippen molar-refractivity contribution >= 4 is 41.0 Å². The highest BCUT2D eigenvalue weighted by atomic mass is 35.5. The van der Waals surface area contributed by atoms with Crippen LogP contribution in [0.15, 0.2) is 48.5 Å². The third kappa shape index (κ3) is 7.57. The molecule has 0 radical (unpaired) electrons. The number of aliphatic hydroxyl groups excluding tert-OH is 2. The summed E-state index contributed by atoms with van der Waals surface area (Å²) < 4.78 is 40.5. The first-order valence-electron chi connectivity index (χ1n) is 11.1. The molecule has 0 aliphatic carbocycles. The molecule has 38 heavy (non-hydrogen) atoms. The molecule has 15 heteroatoms. The summed E-state index contributed by atoms with van der Waals surface area (Å²) in [6.45, 7) is 0.117. The quantitative estimate of drug-likeness (QED) is 0.195. The van der Waals surface area contributed by atoms with Crippen LogP contribution in [0.5, 0.6) is 0 Å². The van der Waals surface area contributed by atoms with E-state index in [1.165, 1.54) is 28.9 Å². The SMILES string of the molecule is C[C@@H](O)CNc1nc(CNC(=O)N(C[C@H](O)C(F)(F)F)C(=N)c2ccc(Cl)cc2)nn1-c1ccccc1Cl. The number of para-hydroxylation sites is 1. The largest absolute Gasteiger partial charge is 0.416 e. The van der Waals surface area contributed by atoms with Crippen LogP contribution in [0.3, 0.4) is 0 Å². The zero-order chi connectivity index (χ0) is 28.0. The van der Waals surface area contributed by atoms with Gasteiger partial charge in [0.05, 0.1) is 29.9 Å². The van der Waals surface area contributed by atoms with Gasteiger partial charge in [0, 0.05) is 17.1 Å². The fourth-order valence-corrected chi connectivity index (χ4v) is 3.48. The van der Waals surface area contributed by atoms with E-state index in [2.05, 4.69) is 20.7 Å². The maximum absolute atomic E-state index is 13.1. The van der Waals surface area contributed by atoms with Gasteiger partial charge in [0.25, 0.3) is 0 Å². The average Bonchev–Trinajstić information content (AvgIpc) is 3.27. The molecule has 3 rings (SSSR count). The van der Waals surface area contributed by atoms with Crippen LogP contribution >= 0.6 is 23.2 Å². The van der Waals surface area contributed by atoms with E-state index in [0.29, 0.717) is 20.6 Å². The Labute approximate surface area is 225 Å². The molecular weight excluding hydrogens is 550 g/mol. The van der Waals surface area contributed by atoms with Crippen molar-refractivity contribution in [2.45, 2.75) is 31.9 Å². The van der Waals surface area contributed by atoms with Crippen LogP contribution in [0, 0.1) is 5.41 Å². The normalized spacial score (nSPS) is 13.1. The topological polar surface area (TPSA) is 139 Å². The van der Waals surface area contributed by atoms with E-state index in [-0.39, 0.29) is 30.4 Å². The Balaban J connectivity index is 1.84. The molecule has 3 aromatic rings. The molecule has 1 heterocycles. The van der Waals surface area contributed by atoms with Crippen LogP contribution in [0.1, 0.15) is 18.3 Å². The molecular formula is C23H24Cl2F3N7O3. The molecule has 0 spiro atoms. The van der Waals surface area contributed by atoms with Crippen LogP contribution in [0.2, 0.25) is 10.0 Å². The molecule has 0 bridgehead atoms. The lowest BCUT2D eigenvalue weighted by atomic mass is 10.2. The van der Waals surface area contributed by atoms with Crippen molar-refractivity contribution in [3.05, 3.63) is 70.0 Å². The molecule has 0 saturated carbocycles. The van der Waals surface area contributed by atoms with Crippen LogP contribution in [-0.4, -0.2) is 73.2 Å². The summed E-state index contributed by atoms with van der Waals surface area (Å²) in [6.07, 6.45) is -8.63. The monoisotopic (exact) mass is 573 g/mol. The average molecular weight is 574 g/mol. The van der Waals surface area contributed by atoms with E-state index in [1.54, 1.807) is 31.2 Å². The smallest absolute Gasteiger partial charge is 0.392 e. The van der Waals surface area contributed by atoms with Gasteiger partial charge < -0.3 is 20.8 Å². The molecule has 0 aliphatic heterocycles. The highest BCUT2D eigenvalue weighted by molar-refractivity contribution is 6.32. The lowest BCUT2D eigenvalue weighted by Crippen LogP contribution is -2.50. The molecule has 10 nitrogen and oxygen atoms in total. The van der Waals surface area contributed by atoms with Gasteiger partial charge in [-0.3, -0.25) is 10.3 Å². The lowest BCUT2D eigenvalue weighted by molar-refractivity contribution is -0.204. The van der Waals surface area contributed by atoms with Gasteiger partial charge in [-0.05, 0) is 43.3 Å². The number of urea groups is 1. The predicted molar refractivity (Wildman–Crippen MR) is 136 cm³/mol. The van der Waals surface area contributed by atoms with Gasteiger partial charge >= 0.3 is 12.2 Å². The van der Waals surface area contributed by atoms with Crippen molar-refractivity contribution < 1.29 is 28.2 Å². The first-order chi connectivity index (χ1) is 17.9. The summed E-state index contributed by atoms with van der Waals surface area (Å²) in [5.74, 6) is -0.335. The van der Waals surface area contributed by atoms with Gasteiger partial charge in [-0.25, -0.2) is 4.79 Å². The number of carbonyl (C=O) groups is 1. The third-order valence-corrected chi connectivity index (χ3v) is 5.62. The van der Waals surface area contributed by atoms with E-state index in [4.69, 9.17) is 28.6 Å². The maximum Gasteiger partial charge on any atom is 0.416 e. The Morgan fingerprint density at radius 2 is 1.82 bits per heavy atom. The third-order valence-electron chi connectivity index (χ3n) is 5.05.